The molecular weight excluding hydrogens is 178 g/mol. The van der Waals surface area contributed by atoms with E-state index in [0.29, 0.717) is 6.54 Å². The van der Waals surface area contributed by atoms with Crippen LogP contribution in [-0.4, -0.2) is 0 Å². The quantitative estimate of drug-likeness (QED) is 0.707. The van der Waals surface area contributed by atoms with Crippen molar-refractivity contribution in [2.45, 2.75) is 6.54 Å². The van der Waals surface area contributed by atoms with Crippen molar-refractivity contribution in [3.05, 3.63) is 34.3 Å². The molecule has 0 fully saturated rings. The van der Waals surface area contributed by atoms with Crippen LogP contribution in [0.15, 0.2) is 22.7 Å². The topological polar surface area (TPSA) is 26.0 Å². The Labute approximate surface area is 63.0 Å². The normalized spacial score (nSPS) is 9.56. The highest BCUT2D eigenvalue weighted by atomic mass is 79.9. The Kier molecular flexibility index (Phi) is 2.25. The number of nitrogens with two attached hydrogens (primary N) is 1. The van der Waals surface area contributed by atoms with Gasteiger partial charge in [0.1, 0.15) is 0 Å². The van der Waals surface area contributed by atoms with Gasteiger partial charge in [-0.3, -0.25) is 0 Å². The maximum atomic E-state index is 5.35. The predicted molar refractivity (Wildman–Crippen MR) is 40.9 cm³/mol. The van der Waals surface area contributed by atoms with Crippen molar-refractivity contribution in [3.63, 3.8) is 0 Å². The van der Waals surface area contributed by atoms with Gasteiger partial charge < -0.3 is 5.73 Å². The van der Waals surface area contributed by atoms with Crippen LogP contribution < -0.4 is 5.73 Å². The van der Waals surface area contributed by atoms with Gasteiger partial charge in [0, 0.05) is 11.0 Å². The summed E-state index contributed by atoms with van der Waals surface area (Å²) in [7, 11) is 0. The minimum Gasteiger partial charge on any atom is -0.326 e. The van der Waals surface area contributed by atoms with Gasteiger partial charge in [0.15, 0.2) is 0 Å². The van der Waals surface area contributed by atoms with Gasteiger partial charge in [-0.1, -0.05) is 22.0 Å². The summed E-state index contributed by atoms with van der Waals surface area (Å²) in [5, 5.41) is 0. The Morgan fingerprint density at radius 3 is 2.78 bits per heavy atom. The Bertz CT molecular complexity index is 181. The summed E-state index contributed by atoms with van der Waals surface area (Å²) in [6, 6.07) is 8.78. The summed E-state index contributed by atoms with van der Waals surface area (Å²) in [6.45, 7) is 0.563. The molecule has 0 bridgehead atoms. The molecule has 0 heterocycles. The smallest absolute Gasteiger partial charge is 0.0184 e. The van der Waals surface area contributed by atoms with Crippen LogP contribution in [-0.2, 0) is 6.54 Å². The molecule has 0 amide bonds. The third kappa shape index (κ3) is 1.80. The molecule has 1 aromatic rings. The average Bonchev–Trinajstić information content (AvgIpc) is 1.90. The highest BCUT2D eigenvalue weighted by Gasteiger charge is 1.86. The molecule has 1 aromatic carbocycles. The molecule has 2 N–H and O–H groups in total. The highest BCUT2D eigenvalue weighted by Crippen LogP contribution is 2.08. The summed E-state index contributed by atoms with van der Waals surface area (Å²) in [6.07, 6.45) is 0. The van der Waals surface area contributed by atoms with Crippen LogP contribution in [0, 0.1) is 6.07 Å². The van der Waals surface area contributed by atoms with Gasteiger partial charge in [-0.25, -0.2) is 0 Å². The lowest BCUT2D eigenvalue weighted by Gasteiger charge is -1.92. The molecule has 1 rings (SSSR count). The van der Waals surface area contributed by atoms with Crippen LogP contribution in [0.25, 0.3) is 0 Å². The zero-order chi connectivity index (χ0) is 6.69. The second-order valence-corrected chi connectivity index (χ2v) is 2.65. The van der Waals surface area contributed by atoms with Gasteiger partial charge in [-0.2, -0.15) is 0 Å². The van der Waals surface area contributed by atoms with E-state index < -0.39 is 0 Å². The van der Waals surface area contributed by atoms with E-state index in [-0.39, 0.29) is 0 Å². The molecule has 0 atom stereocenters. The van der Waals surface area contributed by atoms with Crippen LogP contribution in [0.4, 0.5) is 0 Å². The van der Waals surface area contributed by atoms with E-state index in [1.165, 1.54) is 0 Å². The molecule has 2 heteroatoms. The molecule has 1 radical (unpaired) electrons. The molecule has 47 valence electrons. The van der Waals surface area contributed by atoms with Gasteiger partial charge in [0.25, 0.3) is 0 Å². The summed E-state index contributed by atoms with van der Waals surface area (Å²) in [4.78, 5) is 0. The van der Waals surface area contributed by atoms with E-state index in [1.54, 1.807) is 0 Å². The summed E-state index contributed by atoms with van der Waals surface area (Å²) < 4.78 is 1.04. The van der Waals surface area contributed by atoms with Crippen LogP contribution in [0.3, 0.4) is 0 Å². The average molecular weight is 185 g/mol. The minimum atomic E-state index is 0.563. The lowest BCUT2D eigenvalue weighted by molar-refractivity contribution is 1.07. The van der Waals surface area contributed by atoms with E-state index >= 15 is 0 Å². The molecular formula is C7H7BrN. The van der Waals surface area contributed by atoms with Crippen molar-refractivity contribution in [2.24, 2.45) is 5.73 Å². The molecule has 0 aliphatic heterocycles. The van der Waals surface area contributed by atoms with Gasteiger partial charge in [0.05, 0.1) is 0 Å². The maximum absolute atomic E-state index is 5.35. The summed E-state index contributed by atoms with van der Waals surface area (Å²) in [5.74, 6) is 0. The molecule has 0 spiro atoms. The molecule has 0 aliphatic carbocycles. The number of hydrogen-bond donors (Lipinski definition) is 1. The van der Waals surface area contributed by atoms with Crippen molar-refractivity contribution in [3.8, 4) is 0 Å². The Hall–Kier alpha value is -0.340. The van der Waals surface area contributed by atoms with Gasteiger partial charge in [-0.05, 0) is 23.8 Å². The first-order valence-corrected chi connectivity index (χ1v) is 3.48. The van der Waals surface area contributed by atoms with Crippen LogP contribution >= 0.6 is 15.9 Å². The number of hydrogen-bond acceptors (Lipinski definition) is 1. The third-order valence-electron chi connectivity index (χ3n) is 1.06. The van der Waals surface area contributed by atoms with Crippen LogP contribution in [0.2, 0.25) is 0 Å². The minimum absolute atomic E-state index is 0.563. The number of halogens is 1. The Morgan fingerprint density at radius 1 is 1.56 bits per heavy atom. The third-order valence-corrected chi connectivity index (χ3v) is 1.55. The molecule has 0 saturated carbocycles. The molecule has 0 unspecified atom stereocenters. The molecule has 9 heavy (non-hydrogen) atoms. The Balaban J connectivity index is 2.88. The SMILES string of the molecule is NCc1[c]cc(Br)cc1. The van der Waals surface area contributed by atoms with Crippen LogP contribution in [0.5, 0.6) is 0 Å². The van der Waals surface area contributed by atoms with E-state index in [4.69, 9.17) is 5.73 Å². The van der Waals surface area contributed by atoms with Crippen LogP contribution in [0.1, 0.15) is 5.56 Å². The van der Waals surface area contributed by atoms with E-state index in [1.807, 2.05) is 18.2 Å². The number of rotatable bonds is 1. The summed E-state index contributed by atoms with van der Waals surface area (Å²) in [5.41, 5.74) is 6.39. The van der Waals surface area contributed by atoms with Crippen molar-refractivity contribution < 1.29 is 0 Å². The van der Waals surface area contributed by atoms with Crippen molar-refractivity contribution >= 4 is 15.9 Å². The van der Waals surface area contributed by atoms with Gasteiger partial charge in [-0.15, -0.1) is 0 Å². The maximum Gasteiger partial charge on any atom is 0.0184 e. The van der Waals surface area contributed by atoms with Gasteiger partial charge in [0.2, 0.25) is 0 Å². The first-order valence-electron chi connectivity index (χ1n) is 2.69. The monoisotopic (exact) mass is 184 g/mol. The lowest BCUT2D eigenvalue weighted by Crippen LogP contribution is -1.94. The fourth-order valence-corrected chi connectivity index (χ4v) is 0.812. The van der Waals surface area contributed by atoms with E-state index in [9.17, 15) is 0 Å². The highest BCUT2D eigenvalue weighted by molar-refractivity contribution is 9.10. The second kappa shape index (κ2) is 2.99. The zero-order valence-corrected chi connectivity index (χ0v) is 6.48. The fraction of sp³-hybridized carbons (Fsp3) is 0.143. The lowest BCUT2D eigenvalue weighted by atomic mass is 10.2. The molecule has 0 saturated heterocycles. The molecule has 0 aromatic heterocycles. The molecule has 0 aliphatic rings. The van der Waals surface area contributed by atoms with Crippen molar-refractivity contribution in [2.75, 3.05) is 0 Å². The summed E-state index contributed by atoms with van der Waals surface area (Å²) >= 11 is 3.30. The zero-order valence-electron chi connectivity index (χ0n) is 4.89. The Morgan fingerprint density at radius 2 is 2.33 bits per heavy atom. The van der Waals surface area contributed by atoms with E-state index in [0.717, 1.165) is 10.0 Å². The van der Waals surface area contributed by atoms with Crippen molar-refractivity contribution in [1.82, 2.24) is 0 Å². The van der Waals surface area contributed by atoms with Gasteiger partial charge >= 0.3 is 0 Å². The van der Waals surface area contributed by atoms with Crippen molar-refractivity contribution in [1.29, 1.82) is 0 Å². The first kappa shape index (κ1) is 6.78. The number of benzene rings is 1. The molecule has 1 nitrogen and oxygen atoms in total. The second-order valence-electron chi connectivity index (χ2n) is 1.74. The first-order chi connectivity index (χ1) is 4.33. The van der Waals surface area contributed by atoms with E-state index in [2.05, 4.69) is 22.0 Å². The fourth-order valence-electron chi connectivity index (χ4n) is 0.565. The largest absolute Gasteiger partial charge is 0.326 e. The standard InChI is InChI=1S/C7H7BrN/c8-7-3-1-6(5-9)2-4-7/h1,3-4H,5,9H2. The predicted octanol–water partition coefficient (Wildman–Crippen LogP) is 1.71.